The molecule has 0 aromatic heterocycles. The molecular formula is C13H22IN3O. The molecule has 5 heteroatoms. The van der Waals surface area contributed by atoms with Gasteiger partial charge in [0.15, 0.2) is 5.96 Å². The summed E-state index contributed by atoms with van der Waals surface area (Å²) in [4.78, 5) is 6.09. The quantitative estimate of drug-likeness (QED) is 0.377. The number of nitrogens with one attached hydrogen (secondary N) is 1. The molecule has 0 saturated heterocycles. The third-order valence-corrected chi connectivity index (χ3v) is 2.25. The molecule has 0 fully saturated rings. The molecule has 0 unspecified atom stereocenters. The second-order valence-corrected chi connectivity index (χ2v) is 3.88. The van der Waals surface area contributed by atoms with Crippen LogP contribution in [-0.2, 0) is 0 Å². The minimum Gasteiger partial charge on any atom is -0.494 e. The molecule has 0 saturated carbocycles. The lowest BCUT2D eigenvalue weighted by Gasteiger charge is -2.16. The smallest absolute Gasteiger partial charge is 0.193 e. The summed E-state index contributed by atoms with van der Waals surface area (Å²) in [5.41, 5.74) is 0. The summed E-state index contributed by atoms with van der Waals surface area (Å²) >= 11 is 0. The van der Waals surface area contributed by atoms with Gasteiger partial charge < -0.3 is 15.0 Å². The van der Waals surface area contributed by atoms with Crippen molar-refractivity contribution in [2.24, 2.45) is 4.99 Å². The summed E-state index contributed by atoms with van der Waals surface area (Å²) in [6.07, 6.45) is 0.946. The van der Waals surface area contributed by atoms with Crippen LogP contribution in [0.25, 0.3) is 0 Å². The molecular weight excluding hydrogens is 341 g/mol. The van der Waals surface area contributed by atoms with Gasteiger partial charge in [-0.25, -0.2) is 0 Å². The van der Waals surface area contributed by atoms with Crippen LogP contribution in [0.1, 0.15) is 6.42 Å². The van der Waals surface area contributed by atoms with Crippen molar-refractivity contribution in [2.75, 3.05) is 34.3 Å². The summed E-state index contributed by atoms with van der Waals surface area (Å²) in [5, 5.41) is 3.25. The fourth-order valence-electron chi connectivity index (χ4n) is 1.42. The molecule has 1 aromatic rings. The van der Waals surface area contributed by atoms with E-state index in [9.17, 15) is 0 Å². The fraction of sp³-hybridized carbons (Fsp3) is 0.462. The summed E-state index contributed by atoms with van der Waals surface area (Å²) in [6.45, 7) is 1.57. The van der Waals surface area contributed by atoms with E-state index >= 15 is 0 Å². The highest BCUT2D eigenvalue weighted by Gasteiger charge is 1.98. The van der Waals surface area contributed by atoms with Crippen molar-refractivity contribution in [2.45, 2.75) is 6.42 Å². The number of hydrogen-bond donors (Lipinski definition) is 1. The lowest BCUT2D eigenvalue weighted by Crippen LogP contribution is -2.37. The number of hydrogen-bond acceptors (Lipinski definition) is 2. The molecule has 0 aliphatic carbocycles. The molecule has 0 amide bonds. The average Bonchev–Trinajstić information content (AvgIpc) is 2.34. The van der Waals surface area contributed by atoms with Crippen LogP contribution in [0.5, 0.6) is 5.75 Å². The molecule has 0 radical (unpaired) electrons. The number of aliphatic imine (C=N–C) groups is 1. The van der Waals surface area contributed by atoms with Crippen LogP contribution < -0.4 is 10.1 Å². The minimum absolute atomic E-state index is 0. The first-order chi connectivity index (χ1) is 8.24. The van der Waals surface area contributed by atoms with Gasteiger partial charge in [-0.3, -0.25) is 4.99 Å². The van der Waals surface area contributed by atoms with Gasteiger partial charge in [-0.2, -0.15) is 0 Å². The van der Waals surface area contributed by atoms with Crippen LogP contribution in [-0.4, -0.2) is 45.2 Å². The second kappa shape index (κ2) is 9.99. The monoisotopic (exact) mass is 363 g/mol. The van der Waals surface area contributed by atoms with Gasteiger partial charge in [0.2, 0.25) is 0 Å². The van der Waals surface area contributed by atoms with Crippen LogP contribution in [0.2, 0.25) is 0 Å². The van der Waals surface area contributed by atoms with Gasteiger partial charge in [-0.15, -0.1) is 24.0 Å². The molecule has 1 rings (SSSR count). The number of ether oxygens (including phenoxy) is 1. The van der Waals surface area contributed by atoms with Gasteiger partial charge in [0.25, 0.3) is 0 Å². The summed E-state index contributed by atoms with van der Waals surface area (Å²) in [5.74, 6) is 1.81. The van der Waals surface area contributed by atoms with Gasteiger partial charge in [-0.05, 0) is 18.6 Å². The van der Waals surface area contributed by atoms with Crippen LogP contribution in [0.15, 0.2) is 35.3 Å². The molecule has 0 bridgehead atoms. The number of halogens is 1. The summed E-state index contributed by atoms with van der Waals surface area (Å²) < 4.78 is 5.59. The molecule has 0 heterocycles. The number of rotatable bonds is 5. The Bertz CT molecular complexity index is 341. The highest BCUT2D eigenvalue weighted by molar-refractivity contribution is 14.0. The zero-order valence-electron chi connectivity index (χ0n) is 11.2. The Kier molecular flexibility index (Phi) is 9.45. The summed E-state index contributed by atoms with van der Waals surface area (Å²) in [6, 6.07) is 9.86. The molecule has 18 heavy (non-hydrogen) atoms. The molecule has 0 aliphatic heterocycles. The van der Waals surface area contributed by atoms with Gasteiger partial charge >= 0.3 is 0 Å². The fourth-order valence-corrected chi connectivity index (χ4v) is 1.42. The minimum atomic E-state index is 0. The molecule has 4 nitrogen and oxygen atoms in total. The van der Waals surface area contributed by atoms with Crippen LogP contribution in [0, 0.1) is 0 Å². The van der Waals surface area contributed by atoms with Crippen molar-refractivity contribution >= 4 is 29.9 Å². The number of nitrogens with zero attached hydrogens (tertiary/aromatic N) is 2. The first-order valence-corrected chi connectivity index (χ1v) is 5.80. The van der Waals surface area contributed by atoms with E-state index in [4.69, 9.17) is 4.74 Å². The lowest BCUT2D eigenvalue weighted by molar-refractivity contribution is 0.310. The van der Waals surface area contributed by atoms with Crippen LogP contribution in [0.3, 0.4) is 0 Å². The number of benzene rings is 1. The van der Waals surface area contributed by atoms with Crippen molar-refractivity contribution in [3.8, 4) is 5.75 Å². The zero-order valence-corrected chi connectivity index (χ0v) is 13.5. The number of guanidine groups is 1. The maximum absolute atomic E-state index is 5.59. The largest absolute Gasteiger partial charge is 0.494 e. The molecule has 1 N–H and O–H groups in total. The van der Waals surface area contributed by atoms with E-state index in [2.05, 4.69) is 10.3 Å². The predicted octanol–water partition coefficient (Wildman–Crippen LogP) is 2.21. The maximum atomic E-state index is 5.59. The van der Waals surface area contributed by atoms with E-state index in [1.165, 1.54) is 0 Å². The Labute approximate surface area is 126 Å². The predicted molar refractivity (Wildman–Crippen MR) is 87.0 cm³/mol. The molecule has 0 aliphatic rings. The Hall–Kier alpha value is -0.980. The van der Waals surface area contributed by atoms with E-state index in [1.54, 1.807) is 7.05 Å². The molecule has 0 spiro atoms. The first-order valence-electron chi connectivity index (χ1n) is 5.80. The Morgan fingerprint density at radius 2 is 1.94 bits per heavy atom. The van der Waals surface area contributed by atoms with E-state index in [-0.39, 0.29) is 24.0 Å². The van der Waals surface area contributed by atoms with Crippen molar-refractivity contribution in [1.82, 2.24) is 10.2 Å². The van der Waals surface area contributed by atoms with Gasteiger partial charge in [-0.1, -0.05) is 18.2 Å². The van der Waals surface area contributed by atoms with Crippen LogP contribution in [0.4, 0.5) is 0 Å². The van der Waals surface area contributed by atoms with Crippen LogP contribution >= 0.6 is 24.0 Å². The molecule has 102 valence electrons. The average molecular weight is 363 g/mol. The van der Waals surface area contributed by atoms with Crippen molar-refractivity contribution in [3.05, 3.63) is 30.3 Å². The van der Waals surface area contributed by atoms with Crippen molar-refractivity contribution in [3.63, 3.8) is 0 Å². The van der Waals surface area contributed by atoms with Gasteiger partial charge in [0.1, 0.15) is 5.75 Å². The van der Waals surface area contributed by atoms with Gasteiger partial charge in [0, 0.05) is 27.7 Å². The van der Waals surface area contributed by atoms with Crippen molar-refractivity contribution in [1.29, 1.82) is 0 Å². The third-order valence-electron chi connectivity index (χ3n) is 2.25. The van der Waals surface area contributed by atoms with E-state index in [1.807, 2.05) is 49.3 Å². The normalized spacial score (nSPS) is 10.5. The molecule has 0 atom stereocenters. The topological polar surface area (TPSA) is 36.9 Å². The van der Waals surface area contributed by atoms with E-state index in [0.717, 1.165) is 24.7 Å². The Morgan fingerprint density at radius 1 is 1.28 bits per heavy atom. The highest BCUT2D eigenvalue weighted by atomic mass is 127. The molecule has 1 aromatic carbocycles. The lowest BCUT2D eigenvalue weighted by atomic mass is 10.3. The third kappa shape index (κ3) is 6.68. The zero-order chi connectivity index (χ0) is 12.5. The summed E-state index contributed by atoms with van der Waals surface area (Å²) in [7, 11) is 5.72. The van der Waals surface area contributed by atoms with E-state index < -0.39 is 0 Å². The maximum Gasteiger partial charge on any atom is 0.193 e. The Morgan fingerprint density at radius 3 is 2.50 bits per heavy atom. The van der Waals surface area contributed by atoms with E-state index in [0.29, 0.717) is 6.61 Å². The Balaban J connectivity index is 0.00000289. The highest BCUT2D eigenvalue weighted by Crippen LogP contribution is 2.07. The van der Waals surface area contributed by atoms with Gasteiger partial charge in [0.05, 0.1) is 6.61 Å². The standard InChI is InChI=1S/C13H21N3O.HI/c1-14-13(16(2)3)15-10-7-11-17-12-8-5-4-6-9-12;/h4-6,8-9H,7,10-11H2,1-3H3,(H,14,15);1H. The first kappa shape index (κ1) is 17.0. The number of para-hydroxylation sites is 1. The van der Waals surface area contributed by atoms with Crippen molar-refractivity contribution < 1.29 is 4.74 Å². The SMILES string of the molecule is CN=C(NCCCOc1ccccc1)N(C)C.I. The second-order valence-electron chi connectivity index (χ2n) is 3.88.